The molecule has 1 aromatic heterocycles. The molecular formula is C11H19BrN4. The Morgan fingerprint density at radius 2 is 2.12 bits per heavy atom. The van der Waals surface area contributed by atoms with E-state index in [1.807, 2.05) is 11.7 Å². The zero-order valence-corrected chi connectivity index (χ0v) is 11.9. The Morgan fingerprint density at radius 3 is 2.50 bits per heavy atom. The van der Waals surface area contributed by atoms with E-state index < -0.39 is 0 Å². The minimum atomic E-state index is -0.0237. The Labute approximate surface area is 105 Å². The molecule has 1 aliphatic heterocycles. The molecule has 1 N–H and O–H groups in total. The quantitative estimate of drug-likeness (QED) is 0.861. The van der Waals surface area contributed by atoms with Gasteiger partial charge in [-0.05, 0) is 40.7 Å². The highest BCUT2D eigenvalue weighted by molar-refractivity contribution is 9.10. The van der Waals surface area contributed by atoms with Gasteiger partial charge in [0.25, 0.3) is 0 Å². The molecule has 0 spiro atoms. The molecule has 2 heterocycles. The first-order chi connectivity index (χ1) is 7.38. The van der Waals surface area contributed by atoms with Gasteiger partial charge in [-0.1, -0.05) is 26.0 Å². The van der Waals surface area contributed by atoms with Crippen LogP contribution >= 0.6 is 15.9 Å². The monoisotopic (exact) mass is 286 g/mol. The maximum atomic E-state index is 4.11. The maximum Gasteiger partial charge on any atom is 0.153 e. The number of hydrogen-bond acceptors (Lipinski definition) is 3. The highest BCUT2D eigenvalue weighted by atomic mass is 79.9. The van der Waals surface area contributed by atoms with E-state index in [9.17, 15) is 0 Å². The normalized spacial score (nSPS) is 26.3. The number of halogens is 1. The van der Waals surface area contributed by atoms with Gasteiger partial charge in [0.15, 0.2) is 4.60 Å². The lowest BCUT2D eigenvalue weighted by Crippen LogP contribution is -2.49. The van der Waals surface area contributed by atoms with Crippen LogP contribution < -0.4 is 5.32 Å². The van der Waals surface area contributed by atoms with Crippen molar-refractivity contribution in [2.75, 3.05) is 6.54 Å². The smallest absolute Gasteiger partial charge is 0.153 e. The standard InChI is InChI=1S/C11H19BrN4/c1-10(2,3)11(6-5-7-13-11)8-9(12)14-15-16(8)4/h13H,5-7H2,1-4H3. The van der Waals surface area contributed by atoms with E-state index in [-0.39, 0.29) is 11.0 Å². The summed E-state index contributed by atoms with van der Waals surface area (Å²) in [5.41, 5.74) is 1.28. The molecule has 16 heavy (non-hydrogen) atoms. The van der Waals surface area contributed by atoms with Crippen LogP contribution in [-0.4, -0.2) is 21.5 Å². The van der Waals surface area contributed by atoms with E-state index >= 15 is 0 Å². The van der Waals surface area contributed by atoms with Gasteiger partial charge in [0.05, 0.1) is 11.2 Å². The summed E-state index contributed by atoms with van der Waals surface area (Å²) in [4.78, 5) is 0. The van der Waals surface area contributed by atoms with E-state index in [1.54, 1.807) is 0 Å². The summed E-state index contributed by atoms with van der Waals surface area (Å²) in [7, 11) is 1.96. The fraction of sp³-hybridized carbons (Fsp3) is 0.818. The van der Waals surface area contributed by atoms with E-state index in [0.29, 0.717) is 0 Å². The second-order valence-corrected chi connectivity index (χ2v) is 6.29. The van der Waals surface area contributed by atoms with Gasteiger partial charge in [0.2, 0.25) is 0 Å². The van der Waals surface area contributed by atoms with Gasteiger partial charge in [-0.25, -0.2) is 4.68 Å². The Bertz CT molecular complexity index is 366. The highest BCUT2D eigenvalue weighted by Gasteiger charge is 2.48. The number of nitrogens with one attached hydrogen (secondary N) is 1. The predicted octanol–water partition coefficient (Wildman–Crippen LogP) is 2.20. The van der Waals surface area contributed by atoms with E-state index in [1.165, 1.54) is 6.42 Å². The van der Waals surface area contributed by atoms with E-state index in [2.05, 4.69) is 52.3 Å². The summed E-state index contributed by atoms with van der Waals surface area (Å²) in [6.45, 7) is 7.87. The third-order valence-corrected chi connectivity index (χ3v) is 4.16. The maximum absolute atomic E-state index is 4.11. The molecule has 1 fully saturated rings. The van der Waals surface area contributed by atoms with Crippen molar-refractivity contribution >= 4 is 15.9 Å². The number of aromatic nitrogens is 3. The number of hydrogen-bond donors (Lipinski definition) is 1. The van der Waals surface area contributed by atoms with Crippen LogP contribution in [0, 0.1) is 5.41 Å². The van der Waals surface area contributed by atoms with Crippen LogP contribution in [0.5, 0.6) is 0 Å². The summed E-state index contributed by atoms with van der Waals surface area (Å²) in [6.07, 6.45) is 2.34. The molecule has 1 aromatic rings. The highest BCUT2D eigenvalue weighted by Crippen LogP contribution is 2.46. The number of rotatable bonds is 1. The summed E-state index contributed by atoms with van der Waals surface area (Å²) < 4.78 is 2.74. The molecule has 90 valence electrons. The molecule has 0 saturated carbocycles. The van der Waals surface area contributed by atoms with Crippen molar-refractivity contribution in [1.29, 1.82) is 0 Å². The molecule has 0 aliphatic carbocycles. The summed E-state index contributed by atoms with van der Waals surface area (Å²) in [5.74, 6) is 0. The SMILES string of the molecule is Cn1nnc(Br)c1C1(C(C)(C)C)CCCN1. The topological polar surface area (TPSA) is 42.7 Å². The van der Waals surface area contributed by atoms with Crippen molar-refractivity contribution in [3.05, 3.63) is 10.3 Å². The van der Waals surface area contributed by atoms with Crippen molar-refractivity contribution in [1.82, 2.24) is 20.3 Å². The lowest BCUT2D eigenvalue weighted by atomic mass is 9.70. The van der Waals surface area contributed by atoms with Crippen LogP contribution in [0.15, 0.2) is 4.60 Å². The average molecular weight is 287 g/mol. The first-order valence-corrected chi connectivity index (χ1v) is 6.48. The van der Waals surface area contributed by atoms with E-state index in [4.69, 9.17) is 0 Å². The Morgan fingerprint density at radius 1 is 1.44 bits per heavy atom. The zero-order chi connectivity index (χ0) is 12.0. The molecule has 1 atom stereocenters. The largest absolute Gasteiger partial charge is 0.306 e. The zero-order valence-electron chi connectivity index (χ0n) is 10.3. The van der Waals surface area contributed by atoms with Crippen molar-refractivity contribution in [3.63, 3.8) is 0 Å². The van der Waals surface area contributed by atoms with Gasteiger partial charge in [-0.3, -0.25) is 0 Å². The van der Waals surface area contributed by atoms with Crippen LogP contribution in [0.2, 0.25) is 0 Å². The van der Waals surface area contributed by atoms with Crippen LogP contribution in [0.4, 0.5) is 0 Å². The van der Waals surface area contributed by atoms with Crippen LogP contribution in [0.25, 0.3) is 0 Å². The third kappa shape index (κ3) is 1.61. The van der Waals surface area contributed by atoms with Crippen molar-refractivity contribution in [2.24, 2.45) is 12.5 Å². The Hall–Kier alpha value is -0.420. The molecule has 2 rings (SSSR count). The fourth-order valence-electron chi connectivity index (χ4n) is 2.73. The number of nitrogens with zero attached hydrogens (tertiary/aromatic N) is 3. The lowest BCUT2D eigenvalue weighted by Gasteiger charge is -2.42. The van der Waals surface area contributed by atoms with Crippen LogP contribution in [0.1, 0.15) is 39.3 Å². The first kappa shape index (κ1) is 12.0. The molecule has 1 aliphatic rings. The van der Waals surface area contributed by atoms with Gasteiger partial charge < -0.3 is 5.32 Å². The van der Waals surface area contributed by atoms with Gasteiger partial charge in [-0.2, -0.15) is 0 Å². The molecule has 1 saturated heterocycles. The summed E-state index contributed by atoms with van der Waals surface area (Å²) in [5, 5.41) is 11.9. The van der Waals surface area contributed by atoms with Gasteiger partial charge in [0.1, 0.15) is 0 Å². The lowest BCUT2D eigenvalue weighted by molar-refractivity contribution is 0.149. The molecule has 0 aromatic carbocycles. The molecule has 0 amide bonds. The van der Waals surface area contributed by atoms with Crippen LogP contribution in [0.3, 0.4) is 0 Å². The second kappa shape index (κ2) is 3.81. The molecular weight excluding hydrogens is 268 g/mol. The summed E-state index contributed by atoms with van der Waals surface area (Å²) >= 11 is 3.52. The van der Waals surface area contributed by atoms with Crippen molar-refractivity contribution in [2.45, 2.75) is 39.2 Å². The van der Waals surface area contributed by atoms with Crippen molar-refractivity contribution < 1.29 is 0 Å². The molecule has 0 bridgehead atoms. The van der Waals surface area contributed by atoms with Crippen molar-refractivity contribution in [3.8, 4) is 0 Å². The van der Waals surface area contributed by atoms with Gasteiger partial charge >= 0.3 is 0 Å². The Kier molecular flexibility index (Phi) is 2.87. The number of aryl methyl sites for hydroxylation is 1. The first-order valence-electron chi connectivity index (χ1n) is 5.69. The third-order valence-electron chi connectivity index (χ3n) is 3.63. The molecule has 4 nitrogen and oxygen atoms in total. The average Bonchev–Trinajstić information content (AvgIpc) is 2.73. The molecule has 0 radical (unpaired) electrons. The minimum absolute atomic E-state index is 0.0237. The minimum Gasteiger partial charge on any atom is -0.306 e. The fourth-order valence-corrected chi connectivity index (χ4v) is 3.39. The molecule has 1 unspecified atom stereocenters. The van der Waals surface area contributed by atoms with Gasteiger partial charge in [0, 0.05) is 7.05 Å². The summed E-state index contributed by atoms with van der Waals surface area (Å²) in [6, 6.07) is 0. The second-order valence-electron chi connectivity index (χ2n) is 5.54. The van der Waals surface area contributed by atoms with E-state index in [0.717, 1.165) is 23.3 Å². The van der Waals surface area contributed by atoms with Crippen LogP contribution in [-0.2, 0) is 12.6 Å². The Balaban J connectivity index is 2.57. The molecule has 5 heteroatoms. The van der Waals surface area contributed by atoms with Gasteiger partial charge in [-0.15, -0.1) is 5.10 Å². The predicted molar refractivity (Wildman–Crippen MR) is 67.1 cm³/mol.